The summed E-state index contributed by atoms with van der Waals surface area (Å²) in [5.74, 6) is -1.18. The number of rotatable bonds is 2. The summed E-state index contributed by atoms with van der Waals surface area (Å²) in [4.78, 5) is 9.69. The summed E-state index contributed by atoms with van der Waals surface area (Å²) in [6.45, 7) is 3.26. The molecule has 0 aromatic carbocycles. The Balaban J connectivity index is -0.0000000569. The smallest absolute Gasteiger partial charge is 0.0582 e. The fourth-order valence-corrected chi connectivity index (χ4v) is 0.167. The average molecular weight is 183 g/mol. The molecular weight excluding hydrogens is 162 g/mol. The molecule has 12 heavy (non-hydrogen) atoms. The molecule has 6 heteroatoms. The quantitative estimate of drug-likeness (QED) is 0.479. The van der Waals surface area contributed by atoms with Gasteiger partial charge in [-0.25, -0.2) is 0 Å². The Morgan fingerprint density at radius 3 is 1.67 bits per heavy atom. The molecular formula is C6H21N3O3. The molecule has 1 unspecified atom stereocenters. The largest absolute Gasteiger partial charge is 0.855 e. The van der Waals surface area contributed by atoms with Gasteiger partial charge in [-0.15, -0.1) is 6.61 Å². The van der Waals surface area contributed by atoms with E-state index in [-0.39, 0.29) is 18.9 Å². The zero-order valence-corrected chi connectivity index (χ0v) is 8.29. The van der Waals surface area contributed by atoms with Crippen molar-refractivity contribution in [2.24, 2.45) is 5.73 Å². The normalized spacial score (nSPS) is 9.33. The highest BCUT2D eigenvalue weighted by molar-refractivity contribution is 5.70. The summed E-state index contributed by atoms with van der Waals surface area (Å²) in [6, 6.07) is -0.792. The van der Waals surface area contributed by atoms with Gasteiger partial charge in [0.1, 0.15) is 0 Å². The first kappa shape index (κ1) is 22.5. The molecule has 0 aromatic heterocycles. The summed E-state index contributed by atoms with van der Waals surface area (Å²) in [6.07, 6.45) is 0.433. The van der Waals surface area contributed by atoms with Crippen LogP contribution in [0.15, 0.2) is 0 Å². The van der Waals surface area contributed by atoms with E-state index in [2.05, 4.69) is 0 Å². The molecule has 0 fully saturated rings. The van der Waals surface area contributed by atoms with E-state index in [1.54, 1.807) is 13.8 Å². The molecule has 0 heterocycles. The Hall–Kier alpha value is -0.690. The Bertz CT molecular complexity index is 90.1. The number of carboxylic acids is 1. The van der Waals surface area contributed by atoms with Crippen LogP contribution in [-0.4, -0.2) is 18.6 Å². The maximum Gasteiger partial charge on any atom is 0.0582 e. The Kier molecular flexibility index (Phi) is 31.4. The zero-order valence-electron chi connectivity index (χ0n) is 8.29. The first-order chi connectivity index (χ1) is 4.59. The van der Waals surface area contributed by atoms with Crippen LogP contribution in [0.2, 0.25) is 0 Å². The molecule has 0 aliphatic heterocycles. The van der Waals surface area contributed by atoms with E-state index >= 15 is 0 Å². The topological polar surface area (TPSA) is 162 Å². The average Bonchev–Trinajstić information content (AvgIpc) is 1.88. The standard InChI is InChI=1S/C4H9NO2.C2H5O.2H3N/c1-2-3(5)4(6)7;1-2-3;;/h3H,2,5H2,1H3,(H,6,7);2H2,1H3;2*1H3/q;-1;;/p+1. The van der Waals surface area contributed by atoms with Gasteiger partial charge < -0.3 is 33.0 Å². The minimum atomic E-state index is -1.18. The fraction of sp³-hybridized carbons (Fsp3) is 0.833. The third-order valence-corrected chi connectivity index (χ3v) is 0.743. The molecule has 0 bridgehead atoms. The molecule has 78 valence electrons. The Labute approximate surface area is 72.9 Å². The zero-order chi connectivity index (χ0) is 8.57. The van der Waals surface area contributed by atoms with Crippen LogP contribution < -0.4 is 28.2 Å². The van der Waals surface area contributed by atoms with Gasteiger partial charge in [0.05, 0.1) is 5.97 Å². The third-order valence-electron chi connectivity index (χ3n) is 0.743. The van der Waals surface area contributed by atoms with E-state index in [1.165, 1.54) is 0 Å². The highest BCUT2D eigenvalue weighted by Crippen LogP contribution is 1.79. The molecule has 0 saturated heterocycles. The summed E-state index contributed by atoms with van der Waals surface area (Å²) in [5.41, 5.74) is 4.95. The lowest BCUT2D eigenvalue weighted by atomic mass is 10.2. The maximum absolute atomic E-state index is 9.69. The van der Waals surface area contributed by atoms with Crippen molar-refractivity contribution in [1.82, 2.24) is 12.3 Å². The summed E-state index contributed by atoms with van der Waals surface area (Å²) < 4.78 is 0. The van der Waals surface area contributed by atoms with Gasteiger partial charge in [-0.1, -0.05) is 13.8 Å². The van der Waals surface area contributed by atoms with Crippen LogP contribution in [0, 0.1) is 0 Å². The van der Waals surface area contributed by atoms with E-state index < -0.39 is 12.0 Å². The van der Waals surface area contributed by atoms with Crippen LogP contribution in [0.1, 0.15) is 20.3 Å². The molecule has 0 saturated carbocycles. The predicted octanol–water partition coefficient (Wildman–Crippen LogP) is -1.41. The molecule has 1 atom stereocenters. The van der Waals surface area contributed by atoms with E-state index in [4.69, 9.17) is 10.8 Å². The Morgan fingerprint density at radius 1 is 1.42 bits per heavy atom. The van der Waals surface area contributed by atoms with Crippen LogP contribution in [0.3, 0.4) is 0 Å². The minimum Gasteiger partial charge on any atom is -0.855 e. The molecule has 0 amide bonds. The van der Waals surface area contributed by atoms with Crippen LogP contribution in [0.5, 0.6) is 0 Å². The van der Waals surface area contributed by atoms with Crippen molar-refractivity contribution >= 4 is 5.97 Å². The summed E-state index contributed by atoms with van der Waals surface area (Å²) >= 11 is 0. The number of hydrogen-bond acceptors (Lipinski definition) is 4. The van der Waals surface area contributed by atoms with Gasteiger partial charge in [0.25, 0.3) is 0 Å². The monoisotopic (exact) mass is 183 g/mol. The first-order valence-electron chi connectivity index (χ1n) is 3.14. The van der Waals surface area contributed by atoms with E-state index in [0.717, 1.165) is 0 Å². The SMILES string of the molecule is CCC(N)C(=O)[O-].CC[O-].[NH4+].[NH4+]. The van der Waals surface area contributed by atoms with Crippen molar-refractivity contribution in [3.63, 3.8) is 0 Å². The molecule has 0 rings (SSSR count). The molecule has 0 aromatic rings. The number of carboxylic acid groups (broad SMARTS) is 1. The van der Waals surface area contributed by atoms with Crippen molar-refractivity contribution in [3.05, 3.63) is 0 Å². The van der Waals surface area contributed by atoms with Gasteiger partial charge in [0.15, 0.2) is 0 Å². The van der Waals surface area contributed by atoms with Crippen molar-refractivity contribution in [3.8, 4) is 0 Å². The highest BCUT2D eigenvalue weighted by Gasteiger charge is 1.94. The second-order valence-corrected chi connectivity index (χ2v) is 1.62. The highest BCUT2D eigenvalue weighted by atomic mass is 16.4. The lowest BCUT2D eigenvalue weighted by Crippen LogP contribution is -2.41. The second kappa shape index (κ2) is 16.7. The molecule has 10 N–H and O–H groups in total. The predicted molar refractivity (Wildman–Crippen MR) is 45.8 cm³/mol. The van der Waals surface area contributed by atoms with Gasteiger partial charge in [0.2, 0.25) is 0 Å². The number of quaternary nitrogens is 2. The Morgan fingerprint density at radius 2 is 1.67 bits per heavy atom. The van der Waals surface area contributed by atoms with Crippen molar-refractivity contribution in [2.75, 3.05) is 6.61 Å². The van der Waals surface area contributed by atoms with E-state index in [9.17, 15) is 9.90 Å². The number of carbonyl (C=O) groups excluding carboxylic acids is 1. The summed E-state index contributed by atoms with van der Waals surface area (Å²) in [7, 11) is 0. The number of aliphatic carboxylic acids is 1. The summed E-state index contributed by atoms with van der Waals surface area (Å²) in [5, 5.41) is 18.6. The molecule has 0 spiro atoms. The van der Waals surface area contributed by atoms with Gasteiger partial charge in [0, 0.05) is 6.04 Å². The second-order valence-electron chi connectivity index (χ2n) is 1.62. The number of carbonyl (C=O) groups is 1. The van der Waals surface area contributed by atoms with Crippen molar-refractivity contribution < 1.29 is 15.0 Å². The molecule has 0 aliphatic rings. The number of nitrogens with two attached hydrogens (primary N) is 1. The van der Waals surface area contributed by atoms with Gasteiger partial charge in [-0.2, -0.15) is 0 Å². The van der Waals surface area contributed by atoms with Crippen LogP contribution in [-0.2, 0) is 4.79 Å². The molecule has 0 aliphatic carbocycles. The molecule has 0 radical (unpaired) electrons. The van der Waals surface area contributed by atoms with Crippen LogP contribution in [0.25, 0.3) is 0 Å². The van der Waals surface area contributed by atoms with Gasteiger partial charge >= 0.3 is 0 Å². The van der Waals surface area contributed by atoms with Crippen molar-refractivity contribution in [2.45, 2.75) is 26.3 Å². The van der Waals surface area contributed by atoms with Crippen molar-refractivity contribution in [1.29, 1.82) is 0 Å². The lowest BCUT2D eigenvalue weighted by molar-refractivity contribution is -0.361. The first-order valence-corrected chi connectivity index (χ1v) is 3.14. The lowest BCUT2D eigenvalue weighted by Gasteiger charge is -2.06. The number of hydrogen-bond donors (Lipinski definition) is 3. The van der Waals surface area contributed by atoms with Crippen LogP contribution >= 0.6 is 0 Å². The van der Waals surface area contributed by atoms with E-state index in [0.29, 0.717) is 6.42 Å². The fourth-order valence-electron chi connectivity index (χ4n) is 0.167. The van der Waals surface area contributed by atoms with Crippen LogP contribution in [0.4, 0.5) is 0 Å². The van der Waals surface area contributed by atoms with Gasteiger partial charge in [-0.3, -0.25) is 0 Å². The van der Waals surface area contributed by atoms with Gasteiger partial charge in [-0.05, 0) is 6.42 Å². The minimum absolute atomic E-state index is 0. The maximum atomic E-state index is 9.69. The molecule has 6 nitrogen and oxygen atoms in total. The third kappa shape index (κ3) is 22.8. The van der Waals surface area contributed by atoms with E-state index in [1.807, 2.05) is 0 Å².